The van der Waals surface area contributed by atoms with Gasteiger partial charge in [0.05, 0.1) is 0 Å². The van der Waals surface area contributed by atoms with Crippen LogP contribution in [-0.4, -0.2) is 36.2 Å². The normalized spacial score (nSPS) is 11.9. The molecule has 134 valence electrons. The summed E-state index contributed by atoms with van der Waals surface area (Å²) in [6.07, 6.45) is -10.1. The molecule has 0 aliphatic heterocycles. The standard InChI is InChI=1S/C12H8F6O4S2/c13-11(14,15)9(19)21-5-23-7-1-2-8(4-3-7)24-6-22-10(20)12(16,17)18/h1-4H,5-6H2. The molecular weight excluding hydrogens is 386 g/mol. The molecule has 1 rings (SSSR count). The third-order valence-corrected chi connectivity index (χ3v) is 3.80. The number of carbonyl (C=O) groups excluding carboxylic acids is 2. The van der Waals surface area contributed by atoms with E-state index in [9.17, 15) is 35.9 Å². The first kappa shape index (κ1) is 20.5. The van der Waals surface area contributed by atoms with Crippen LogP contribution in [0.4, 0.5) is 26.3 Å². The average Bonchev–Trinajstić information content (AvgIpc) is 2.46. The first-order chi connectivity index (χ1) is 11.0. The average molecular weight is 394 g/mol. The molecule has 1 aromatic carbocycles. The van der Waals surface area contributed by atoms with E-state index in [2.05, 4.69) is 9.47 Å². The van der Waals surface area contributed by atoms with E-state index < -0.39 is 36.2 Å². The van der Waals surface area contributed by atoms with Gasteiger partial charge in [0.15, 0.2) is 0 Å². The fourth-order valence-electron chi connectivity index (χ4n) is 1.10. The minimum absolute atomic E-state index is 0.474. The van der Waals surface area contributed by atoms with Crippen LogP contribution in [0.3, 0.4) is 0 Å². The summed E-state index contributed by atoms with van der Waals surface area (Å²) in [5, 5.41) is 0. The van der Waals surface area contributed by atoms with E-state index in [0.717, 1.165) is 23.5 Å². The molecule has 0 saturated heterocycles. The number of ether oxygens (including phenoxy) is 2. The molecule has 4 nitrogen and oxygen atoms in total. The maximum atomic E-state index is 11.9. The molecule has 0 bridgehead atoms. The van der Waals surface area contributed by atoms with Crippen molar-refractivity contribution in [1.29, 1.82) is 0 Å². The Bertz CT molecular complexity index is 519. The lowest BCUT2D eigenvalue weighted by molar-refractivity contribution is -0.197. The van der Waals surface area contributed by atoms with Crippen LogP contribution in [0.5, 0.6) is 0 Å². The molecule has 0 amide bonds. The quantitative estimate of drug-likeness (QED) is 0.315. The van der Waals surface area contributed by atoms with Crippen LogP contribution in [0.15, 0.2) is 34.1 Å². The van der Waals surface area contributed by atoms with E-state index in [-0.39, 0.29) is 0 Å². The number of hydrogen-bond donors (Lipinski definition) is 0. The SMILES string of the molecule is O=C(OCSc1ccc(SCOC(=O)C(F)(F)F)cc1)C(F)(F)F. The van der Waals surface area contributed by atoms with Crippen LogP contribution in [0.25, 0.3) is 0 Å². The largest absolute Gasteiger partial charge is 0.490 e. The van der Waals surface area contributed by atoms with E-state index in [1.165, 1.54) is 24.3 Å². The Kier molecular flexibility index (Phi) is 7.27. The number of benzene rings is 1. The smallest absolute Gasteiger partial charge is 0.448 e. The van der Waals surface area contributed by atoms with Crippen LogP contribution in [0.1, 0.15) is 0 Å². The summed E-state index contributed by atoms with van der Waals surface area (Å²) in [6, 6.07) is 5.83. The Morgan fingerprint density at radius 1 is 0.750 bits per heavy atom. The van der Waals surface area contributed by atoms with E-state index >= 15 is 0 Å². The fourth-order valence-corrected chi connectivity index (χ4v) is 2.36. The number of alkyl halides is 6. The van der Waals surface area contributed by atoms with Crippen LogP contribution < -0.4 is 0 Å². The number of halogens is 6. The predicted molar refractivity (Wildman–Crippen MR) is 72.2 cm³/mol. The summed E-state index contributed by atoms with van der Waals surface area (Å²) in [4.78, 5) is 21.9. The van der Waals surface area contributed by atoms with Gasteiger partial charge < -0.3 is 9.47 Å². The summed E-state index contributed by atoms with van der Waals surface area (Å²) >= 11 is 1.64. The molecule has 0 unspecified atom stereocenters. The second-order valence-electron chi connectivity index (χ2n) is 3.85. The van der Waals surface area contributed by atoms with Gasteiger partial charge in [-0.3, -0.25) is 0 Å². The highest BCUT2D eigenvalue weighted by molar-refractivity contribution is 7.99. The second kappa shape index (κ2) is 8.51. The molecule has 12 heteroatoms. The second-order valence-corrected chi connectivity index (χ2v) is 5.85. The van der Waals surface area contributed by atoms with E-state index in [0.29, 0.717) is 9.79 Å². The first-order valence-electron chi connectivity index (χ1n) is 5.83. The molecule has 0 saturated carbocycles. The van der Waals surface area contributed by atoms with Gasteiger partial charge in [0.25, 0.3) is 0 Å². The van der Waals surface area contributed by atoms with Gasteiger partial charge in [0, 0.05) is 9.79 Å². The lowest BCUT2D eigenvalue weighted by atomic mass is 10.4. The maximum absolute atomic E-state index is 11.9. The van der Waals surface area contributed by atoms with Gasteiger partial charge in [-0.25, -0.2) is 9.59 Å². The summed E-state index contributed by atoms with van der Waals surface area (Å²) < 4.78 is 79.3. The minimum atomic E-state index is -5.06. The molecule has 1 aromatic rings. The Morgan fingerprint density at radius 3 is 1.29 bits per heavy atom. The van der Waals surface area contributed by atoms with Crippen molar-refractivity contribution in [2.45, 2.75) is 22.1 Å². The van der Waals surface area contributed by atoms with Crippen LogP contribution in [-0.2, 0) is 19.1 Å². The Balaban J connectivity index is 2.36. The molecule has 0 spiro atoms. The van der Waals surface area contributed by atoms with E-state index in [1.54, 1.807) is 0 Å². The lowest BCUT2D eigenvalue weighted by Gasteiger charge is -2.08. The van der Waals surface area contributed by atoms with E-state index in [4.69, 9.17) is 0 Å². The van der Waals surface area contributed by atoms with Crippen molar-refractivity contribution in [3.63, 3.8) is 0 Å². The van der Waals surface area contributed by atoms with Crippen molar-refractivity contribution in [2.75, 3.05) is 11.9 Å². The molecule has 0 atom stereocenters. The zero-order valence-electron chi connectivity index (χ0n) is 11.4. The lowest BCUT2D eigenvalue weighted by Crippen LogP contribution is -2.25. The zero-order chi connectivity index (χ0) is 18.4. The first-order valence-corrected chi connectivity index (χ1v) is 7.81. The van der Waals surface area contributed by atoms with Gasteiger partial charge in [-0.15, -0.1) is 0 Å². The van der Waals surface area contributed by atoms with Crippen molar-refractivity contribution in [1.82, 2.24) is 0 Å². The van der Waals surface area contributed by atoms with Crippen molar-refractivity contribution in [3.8, 4) is 0 Å². The molecule has 0 fully saturated rings. The molecule has 0 N–H and O–H groups in total. The number of carbonyl (C=O) groups is 2. The number of thioether (sulfide) groups is 2. The molecule has 0 heterocycles. The third-order valence-electron chi connectivity index (χ3n) is 2.12. The topological polar surface area (TPSA) is 52.6 Å². The highest BCUT2D eigenvalue weighted by Crippen LogP contribution is 2.26. The molecule has 0 aliphatic carbocycles. The van der Waals surface area contributed by atoms with Crippen LogP contribution in [0.2, 0.25) is 0 Å². The zero-order valence-corrected chi connectivity index (χ0v) is 13.1. The highest BCUT2D eigenvalue weighted by Gasteiger charge is 2.41. The summed E-state index contributed by atoms with van der Waals surface area (Å²) in [6.45, 7) is 0. The maximum Gasteiger partial charge on any atom is 0.490 e. The van der Waals surface area contributed by atoms with Crippen molar-refractivity contribution < 1.29 is 45.4 Å². The van der Waals surface area contributed by atoms with Crippen molar-refractivity contribution >= 4 is 35.5 Å². The molecule has 24 heavy (non-hydrogen) atoms. The molecular formula is C12H8F6O4S2. The Morgan fingerprint density at radius 2 is 1.04 bits per heavy atom. The number of rotatable bonds is 6. The van der Waals surface area contributed by atoms with Crippen LogP contribution in [0, 0.1) is 0 Å². The van der Waals surface area contributed by atoms with Gasteiger partial charge in [-0.2, -0.15) is 26.3 Å². The molecule has 0 aliphatic rings. The molecule has 0 radical (unpaired) electrons. The van der Waals surface area contributed by atoms with Gasteiger partial charge in [-0.05, 0) is 24.3 Å². The van der Waals surface area contributed by atoms with Crippen molar-refractivity contribution in [2.24, 2.45) is 0 Å². The number of esters is 2. The van der Waals surface area contributed by atoms with Gasteiger partial charge in [0.2, 0.25) is 0 Å². The highest BCUT2D eigenvalue weighted by atomic mass is 32.2. The Hall–Kier alpha value is -1.56. The van der Waals surface area contributed by atoms with E-state index in [1.807, 2.05) is 0 Å². The monoisotopic (exact) mass is 394 g/mol. The summed E-state index contributed by atoms with van der Waals surface area (Å²) in [7, 11) is 0. The fraction of sp³-hybridized carbons (Fsp3) is 0.333. The molecule has 0 aromatic heterocycles. The summed E-state index contributed by atoms with van der Waals surface area (Å²) in [5.74, 6) is -5.69. The minimum Gasteiger partial charge on any atom is -0.448 e. The predicted octanol–water partition coefficient (Wildman–Crippen LogP) is 4.00. The Labute approximate surface area is 139 Å². The van der Waals surface area contributed by atoms with Gasteiger partial charge in [0.1, 0.15) is 11.9 Å². The van der Waals surface area contributed by atoms with Crippen molar-refractivity contribution in [3.05, 3.63) is 24.3 Å². The summed E-state index contributed by atoms with van der Waals surface area (Å²) in [5.41, 5.74) is 0. The van der Waals surface area contributed by atoms with Gasteiger partial charge >= 0.3 is 24.3 Å². The van der Waals surface area contributed by atoms with Crippen LogP contribution >= 0.6 is 23.5 Å². The third kappa shape index (κ3) is 7.34. The number of hydrogen-bond acceptors (Lipinski definition) is 6. The van der Waals surface area contributed by atoms with Gasteiger partial charge in [-0.1, -0.05) is 23.5 Å².